The van der Waals surface area contributed by atoms with Crippen LogP contribution >= 0.6 is 13.6 Å². The van der Waals surface area contributed by atoms with Crippen LogP contribution in [0.2, 0.25) is 0 Å². The van der Waals surface area contributed by atoms with Crippen molar-refractivity contribution in [1.29, 1.82) is 0 Å². The van der Waals surface area contributed by atoms with Gasteiger partial charge in [0.15, 0.2) is 37.2 Å². The molecule has 0 saturated carbocycles. The minimum Gasteiger partial charge on any atom is -0.660 e. The number of rotatable bonds is 4. The summed E-state index contributed by atoms with van der Waals surface area (Å²) >= 11 is 10.5. The topological polar surface area (TPSA) is 225 Å². The Morgan fingerprint density at radius 2 is 1.73 bits per heavy atom. The maximum absolute atomic E-state index is 13.6. The third-order valence-corrected chi connectivity index (χ3v) is 11.9. The van der Waals surface area contributed by atoms with Gasteiger partial charge in [-0.2, -0.15) is 0 Å². The summed E-state index contributed by atoms with van der Waals surface area (Å²) in [5.41, 5.74) is 1.11. The van der Waals surface area contributed by atoms with Gasteiger partial charge in [-0.1, -0.05) is 0 Å². The number of aromatic nitrogens is 7. The molecule has 4 aromatic rings. The molecule has 3 fully saturated rings. The molecule has 2 unspecified atom stereocenters. The average Bonchev–Trinajstić information content (AvgIpc) is 3.79. The Hall–Kier alpha value is -0.390. The third-order valence-electron chi connectivity index (χ3n) is 8.83. The molecule has 3 N–H and O–H groups in total. The van der Waals surface area contributed by atoms with E-state index < -0.39 is 68.7 Å². The number of ether oxygens (including phenoxy) is 2. The zero-order valence-electron chi connectivity index (χ0n) is 27.4. The predicted octanol–water partition coefficient (Wildman–Crippen LogP) is -4.93. The molecule has 4 aliphatic heterocycles. The largest absolute Gasteiger partial charge is 1.00 e. The SMILES string of the molecule is O=c1c2ncn([C@@H]3O[C@@H]4COP(=O)([S-])O[C@H]5[C@@H](O)[C@H](n6cc7c8c(ncnc86)NCCC7)O[C@@H]5COP(=O)([S-])O[C@@H]3C4)c2ncn1CCO.[Na+].[Na+]. The second-order valence-corrected chi connectivity index (χ2v) is 17.4. The van der Waals surface area contributed by atoms with Gasteiger partial charge >= 0.3 is 59.1 Å². The number of nitrogens with zero attached hydrogens (tertiary/aromatic N) is 7. The molecular formula is C26H30N8Na2O11P2S2. The molecule has 3 saturated heterocycles. The Morgan fingerprint density at radius 1 is 0.941 bits per heavy atom. The molecule has 0 aliphatic carbocycles. The maximum atomic E-state index is 13.6. The third kappa shape index (κ3) is 7.86. The number of hydrogen-bond donors (Lipinski definition) is 3. The summed E-state index contributed by atoms with van der Waals surface area (Å²) in [5.74, 6) is 0.659. The fourth-order valence-electron chi connectivity index (χ4n) is 6.66. The van der Waals surface area contributed by atoms with E-state index in [-0.39, 0.29) is 96.5 Å². The molecule has 25 heteroatoms. The first-order chi connectivity index (χ1) is 23.5. The van der Waals surface area contributed by atoms with Crippen molar-refractivity contribution in [2.45, 2.75) is 68.8 Å². The van der Waals surface area contributed by atoms with Crippen LogP contribution in [0.1, 0.15) is 30.9 Å². The van der Waals surface area contributed by atoms with E-state index in [9.17, 15) is 24.1 Å². The maximum Gasteiger partial charge on any atom is 1.00 e. The van der Waals surface area contributed by atoms with Crippen LogP contribution in [-0.4, -0.2) is 101 Å². The summed E-state index contributed by atoms with van der Waals surface area (Å²) in [5, 5.41) is 24.9. The van der Waals surface area contributed by atoms with Crippen LogP contribution in [0.3, 0.4) is 0 Å². The Balaban J connectivity index is 0.00000224. The van der Waals surface area contributed by atoms with Crippen LogP contribution in [0.5, 0.6) is 0 Å². The number of aliphatic hydroxyl groups is 2. The number of hydrogen-bond acceptors (Lipinski definition) is 18. The van der Waals surface area contributed by atoms with Crippen molar-refractivity contribution in [2.75, 3.05) is 31.7 Å². The van der Waals surface area contributed by atoms with Gasteiger partial charge in [0.25, 0.3) is 5.56 Å². The van der Waals surface area contributed by atoms with Crippen molar-refractivity contribution in [3.8, 4) is 0 Å². The molecule has 4 aromatic heterocycles. The van der Waals surface area contributed by atoms with E-state index in [2.05, 4.69) is 25.3 Å². The molecule has 0 radical (unpaired) electrons. The molecule has 0 spiro atoms. The standard InChI is InChI=1S/C26H32N8O11P2S2.2Na/c35-5-4-32-11-31-23-18(24(32)37)30-12-34(23)25-15-6-14(42-25)8-40-47(39,49)45-20-16(9-41-46(38,48)44-15)43-26(19(20)36)33-7-13-2-1-3-27-21-17(13)22(33)29-10-28-21;;/h7,10-12,14-16,19-20,25-26,35-36H,1-6,8-9H2,(H,38,48)(H,39,49)(H,27,28,29);;/q;2*+1/p-2/t14-,15+,16+,19+,20+,25+,26+,46?,47?;;/m0../s1. The number of aryl methyl sites for hydroxylation is 1. The molecule has 0 aromatic carbocycles. The average molecular weight is 803 g/mol. The van der Waals surface area contributed by atoms with Gasteiger partial charge in [0, 0.05) is 19.2 Å². The minimum absolute atomic E-state index is 0. The van der Waals surface area contributed by atoms with Crippen LogP contribution in [0, 0.1) is 0 Å². The van der Waals surface area contributed by atoms with Gasteiger partial charge in [-0.15, -0.1) is 0 Å². The van der Waals surface area contributed by atoms with E-state index in [0.29, 0.717) is 11.5 Å². The molecule has 9 atom stereocenters. The summed E-state index contributed by atoms with van der Waals surface area (Å²) in [6.07, 6.45) is -0.535. The van der Waals surface area contributed by atoms with E-state index in [0.717, 1.165) is 30.3 Å². The number of aliphatic hydroxyl groups excluding tert-OH is 2. The summed E-state index contributed by atoms with van der Waals surface area (Å²) in [6, 6.07) is 0. The van der Waals surface area contributed by atoms with Crippen molar-refractivity contribution in [1.82, 2.24) is 33.6 Å². The molecule has 8 heterocycles. The van der Waals surface area contributed by atoms with E-state index in [1.807, 2.05) is 6.20 Å². The van der Waals surface area contributed by atoms with E-state index >= 15 is 0 Å². The van der Waals surface area contributed by atoms with Gasteiger partial charge < -0.3 is 72.2 Å². The van der Waals surface area contributed by atoms with Crippen LogP contribution in [0.4, 0.5) is 5.82 Å². The van der Waals surface area contributed by atoms with Crippen LogP contribution in [0.15, 0.2) is 30.0 Å². The van der Waals surface area contributed by atoms with Crippen molar-refractivity contribution < 1.29 is 106 Å². The van der Waals surface area contributed by atoms with Crippen molar-refractivity contribution in [3.05, 3.63) is 41.1 Å². The number of fused-ring (bicyclic) bond motifs is 4. The Labute approximate surface area is 344 Å². The van der Waals surface area contributed by atoms with Gasteiger partial charge in [-0.3, -0.25) is 23.1 Å². The molecule has 8 rings (SSSR count). The smallest absolute Gasteiger partial charge is 0.660 e. The Bertz CT molecular complexity index is 2080. The number of imidazole rings is 1. The van der Waals surface area contributed by atoms with Gasteiger partial charge in [-0.05, 0) is 18.4 Å². The van der Waals surface area contributed by atoms with Gasteiger partial charge in [-0.25, -0.2) is 19.9 Å². The van der Waals surface area contributed by atoms with E-state index in [1.54, 1.807) is 4.57 Å². The summed E-state index contributed by atoms with van der Waals surface area (Å²) in [7, 11) is 0. The molecule has 264 valence electrons. The number of nitrogens with one attached hydrogen (secondary N) is 1. The molecular weight excluding hydrogens is 772 g/mol. The van der Waals surface area contributed by atoms with Crippen molar-refractivity contribution >= 4 is 66.1 Å². The second-order valence-electron chi connectivity index (χ2n) is 11.9. The van der Waals surface area contributed by atoms with Gasteiger partial charge in [0.2, 0.25) is 0 Å². The van der Waals surface area contributed by atoms with E-state index in [4.69, 9.17) is 52.1 Å². The van der Waals surface area contributed by atoms with Crippen LogP contribution < -0.4 is 70.0 Å². The van der Waals surface area contributed by atoms with Gasteiger partial charge in [0.05, 0.1) is 44.2 Å². The fourth-order valence-corrected chi connectivity index (χ4v) is 9.53. The van der Waals surface area contributed by atoms with Crippen molar-refractivity contribution in [3.63, 3.8) is 0 Å². The summed E-state index contributed by atoms with van der Waals surface area (Å²) < 4.78 is 66.6. The molecule has 4 aliphatic rings. The first-order valence-corrected chi connectivity index (χ1v) is 20.5. The van der Waals surface area contributed by atoms with Crippen molar-refractivity contribution in [2.24, 2.45) is 0 Å². The molecule has 51 heavy (non-hydrogen) atoms. The zero-order valence-corrected chi connectivity index (χ0v) is 34.8. The number of anilines is 1. The zero-order chi connectivity index (χ0) is 34.1. The normalized spacial score (nSPS) is 33.9. The molecule has 2 bridgehead atoms. The first kappa shape index (κ1) is 40.3. The Morgan fingerprint density at radius 3 is 2.53 bits per heavy atom. The first-order valence-electron chi connectivity index (χ1n) is 15.4. The molecule has 19 nitrogen and oxygen atoms in total. The monoisotopic (exact) mass is 802 g/mol. The van der Waals surface area contributed by atoms with Crippen LogP contribution in [0.25, 0.3) is 22.2 Å². The quantitative estimate of drug-likeness (QED) is 0.0999. The summed E-state index contributed by atoms with van der Waals surface area (Å²) in [6.45, 7) is -8.93. The molecule has 0 amide bonds. The summed E-state index contributed by atoms with van der Waals surface area (Å²) in [4.78, 5) is 30.1. The van der Waals surface area contributed by atoms with Gasteiger partial charge in [0.1, 0.15) is 48.5 Å². The Kier molecular flexibility index (Phi) is 12.6. The van der Waals surface area contributed by atoms with E-state index in [1.165, 1.54) is 28.1 Å². The van der Waals surface area contributed by atoms with Crippen LogP contribution in [-0.2, 0) is 74.2 Å². The fraction of sp³-hybridized carbons (Fsp3) is 0.577. The predicted molar refractivity (Wildman–Crippen MR) is 173 cm³/mol. The minimum atomic E-state index is -4.30. The second kappa shape index (κ2) is 16.0.